The van der Waals surface area contributed by atoms with E-state index in [0.717, 1.165) is 88.1 Å². The molecule has 128 heavy (non-hydrogen) atoms. The fraction of sp³-hybridized carbons (Fsp3) is 0.504. The highest BCUT2D eigenvalue weighted by molar-refractivity contribution is 5.71. The molecule has 0 aliphatic heterocycles. The molecular formula is C113H170O15. The predicted octanol–water partition coefficient (Wildman–Crippen LogP) is 32.2. The first-order valence-corrected chi connectivity index (χ1v) is 47.1. The quantitative estimate of drug-likeness (QED) is 0.0143. The summed E-state index contributed by atoms with van der Waals surface area (Å²) in [4.78, 5) is 22.3. The summed E-state index contributed by atoms with van der Waals surface area (Å²) in [5.74, 6) is 10.3. The van der Waals surface area contributed by atoms with Crippen LogP contribution in [0.4, 0.5) is 4.79 Å². The molecule has 8 aromatic carbocycles. The SMILES string of the molecule is C=CC=CC(=C)C(C)CC.CCC(C)c1ccc(O)cc1.CCC(C)c1ccc(O)cc1.CCC(C)c1ccc(O)cc1.CCC(C)c1ccc(OC(=O)OC)cc1.CCC(C)c1ccc(OC(C)OCC(C)C)cc1.CCC(C)c1ccc(OCC(=O)OC(C)(C)C)cc1.CCOC(C)Oc1ccc(C(C)CC)cc1.CCOC(CC)Oc1ccc(C(C)CC)cc1. The molecule has 0 bridgehead atoms. The fourth-order valence-corrected chi connectivity index (χ4v) is 11.5. The number of ether oxygens (including phenoxy) is 10. The zero-order valence-electron chi connectivity index (χ0n) is 84.3. The number of rotatable bonds is 38. The van der Waals surface area contributed by atoms with E-state index in [0.29, 0.717) is 101 Å². The van der Waals surface area contributed by atoms with Gasteiger partial charge in [-0.15, -0.1) is 0 Å². The van der Waals surface area contributed by atoms with Gasteiger partial charge in [0.15, 0.2) is 25.5 Å². The van der Waals surface area contributed by atoms with Gasteiger partial charge in [-0.3, -0.25) is 0 Å². The summed E-state index contributed by atoms with van der Waals surface area (Å²) in [5.41, 5.74) is 11.2. The maximum atomic E-state index is 11.5. The summed E-state index contributed by atoms with van der Waals surface area (Å²) in [6.07, 6.45) is 15.7. The van der Waals surface area contributed by atoms with Crippen LogP contribution in [0.25, 0.3) is 0 Å². The lowest BCUT2D eigenvalue weighted by molar-refractivity contribution is -0.157. The van der Waals surface area contributed by atoms with Crippen molar-refractivity contribution in [2.45, 2.75) is 330 Å². The van der Waals surface area contributed by atoms with Gasteiger partial charge in [0, 0.05) is 19.6 Å². The Morgan fingerprint density at radius 3 is 0.883 bits per heavy atom. The Bertz CT molecular complexity index is 3990. The van der Waals surface area contributed by atoms with Gasteiger partial charge in [0.05, 0.1) is 13.7 Å². The number of hydrogen-bond acceptors (Lipinski definition) is 15. The van der Waals surface area contributed by atoms with Crippen molar-refractivity contribution in [3.63, 3.8) is 0 Å². The number of esters is 1. The van der Waals surface area contributed by atoms with Crippen molar-refractivity contribution >= 4 is 12.1 Å². The molecule has 0 spiro atoms. The van der Waals surface area contributed by atoms with Crippen LogP contribution in [0.1, 0.15) is 350 Å². The normalized spacial score (nSPS) is 13.5. The van der Waals surface area contributed by atoms with Crippen molar-refractivity contribution < 1.29 is 72.3 Å². The first kappa shape index (κ1) is 118. The molecule has 8 rings (SSSR count). The summed E-state index contributed by atoms with van der Waals surface area (Å²) in [6, 6.07) is 62.6. The topological polar surface area (TPSA) is 187 Å². The lowest BCUT2D eigenvalue weighted by atomic mass is 9.99. The third-order valence-electron chi connectivity index (χ3n) is 22.0. The van der Waals surface area contributed by atoms with Gasteiger partial charge in [0.25, 0.3) is 0 Å². The molecule has 0 fully saturated rings. The van der Waals surface area contributed by atoms with Crippen LogP contribution < -0.4 is 23.7 Å². The smallest absolute Gasteiger partial charge is 0.508 e. The van der Waals surface area contributed by atoms with Gasteiger partial charge < -0.3 is 62.7 Å². The number of phenolic OH excluding ortho intramolecular Hbond substituents is 3. The number of carbonyl (C=O) groups is 2. The van der Waals surface area contributed by atoms with Crippen molar-refractivity contribution in [3.05, 3.63) is 276 Å². The van der Waals surface area contributed by atoms with E-state index in [-0.39, 0.29) is 31.4 Å². The maximum absolute atomic E-state index is 11.5. The first-order valence-electron chi connectivity index (χ1n) is 47.1. The molecule has 3 N–H and O–H groups in total. The Morgan fingerprint density at radius 1 is 0.359 bits per heavy atom. The van der Waals surface area contributed by atoms with Gasteiger partial charge in [-0.25, -0.2) is 9.59 Å². The summed E-state index contributed by atoms with van der Waals surface area (Å²) in [7, 11) is 1.29. The third-order valence-corrected chi connectivity index (χ3v) is 22.0. The molecule has 8 aromatic rings. The lowest BCUT2D eigenvalue weighted by Crippen LogP contribution is -2.27. The monoisotopic (exact) mass is 1770 g/mol. The number of allylic oxidation sites excluding steroid dienone is 4. The van der Waals surface area contributed by atoms with E-state index in [1.807, 2.05) is 170 Å². The van der Waals surface area contributed by atoms with E-state index in [4.69, 9.17) is 58.0 Å². The van der Waals surface area contributed by atoms with Crippen LogP contribution in [0.3, 0.4) is 0 Å². The van der Waals surface area contributed by atoms with Crippen LogP contribution in [-0.4, -0.2) is 85.5 Å². The molecule has 12 atom stereocenters. The number of aromatic hydroxyl groups is 3. The summed E-state index contributed by atoms with van der Waals surface area (Å²) >= 11 is 0. The van der Waals surface area contributed by atoms with Crippen molar-refractivity contribution in [2.75, 3.05) is 33.5 Å². The van der Waals surface area contributed by atoms with E-state index in [1.54, 1.807) is 54.6 Å². The Balaban J connectivity index is 0.00000143. The number of benzene rings is 8. The van der Waals surface area contributed by atoms with Crippen LogP contribution in [-0.2, 0) is 28.5 Å². The summed E-state index contributed by atoms with van der Waals surface area (Å²) < 4.78 is 53.3. The van der Waals surface area contributed by atoms with E-state index < -0.39 is 11.8 Å². The number of phenols is 3. The van der Waals surface area contributed by atoms with Crippen molar-refractivity contribution in [1.82, 2.24) is 0 Å². The summed E-state index contributed by atoms with van der Waals surface area (Å²) in [5, 5.41) is 27.0. The minimum Gasteiger partial charge on any atom is -0.508 e. The lowest BCUT2D eigenvalue weighted by Gasteiger charge is -2.19. The van der Waals surface area contributed by atoms with Gasteiger partial charge in [0.2, 0.25) is 0 Å². The molecule has 12 unspecified atom stereocenters. The fourth-order valence-electron chi connectivity index (χ4n) is 11.5. The molecule has 0 saturated heterocycles. The van der Waals surface area contributed by atoms with Crippen LogP contribution in [0.2, 0.25) is 0 Å². The minimum absolute atomic E-state index is 0.0556. The number of methoxy groups -OCH3 is 1. The molecule has 712 valence electrons. The Hall–Kier alpha value is -9.80. The molecule has 0 saturated carbocycles. The van der Waals surface area contributed by atoms with E-state index >= 15 is 0 Å². The molecule has 0 aliphatic rings. The second-order valence-electron chi connectivity index (χ2n) is 34.0. The van der Waals surface area contributed by atoms with E-state index in [9.17, 15) is 9.59 Å². The largest absolute Gasteiger partial charge is 0.513 e. The molecule has 0 aliphatic carbocycles. The highest BCUT2D eigenvalue weighted by Crippen LogP contribution is 2.30. The van der Waals surface area contributed by atoms with Crippen LogP contribution in [0.15, 0.2) is 231 Å². The maximum Gasteiger partial charge on any atom is 0.513 e. The average Bonchev–Trinajstić information content (AvgIpc) is 0.895. The molecule has 0 aromatic heterocycles. The zero-order chi connectivity index (χ0) is 96.7. The molecule has 0 heterocycles. The first-order chi connectivity index (χ1) is 60.8. The molecule has 15 heteroatoms. The molecule has 0 amide bonds. The summed E-state index contributed by atoms with van der Waals surface area (Å²) in [6.45, 7) is 68.6. The Kier molecular flexibility index (Phi) is 63.9. The molecule has 0 radical (unpaired) electrons. The van der Waals surface area contributed by atoms with Crippen molar-refractivity contribution in [1.29, 1.82) is 0 Å². The standard InChI is InChI=1S/C16H24O3.C16H26O2.C15H24O2.C14H22O2.C12H16O3.3C10H14O.C10H16/c1-6-12(2)13-7-9-14(10-8-13)18-11-15(17)19-16(3,4)5;1-6-13(4)15-7-9-16(10-8-15)18-14(5)17-11-12(2)3;1-5-12(4)13-8-10-14(11-9-13)17-15(6-2)16-7-3;1-5-11(3)13-7-9-14(10-8-13)16-12(4)15-6-2;1-4-9(2)10-5-7-11(8-6-10)15-12(13)14-3;3*1-3-8(2)9-4-6-10(11)7-5-9;1-5-7-8-10(4)9(3)6-2/h7-10,12H,6,11H2,1-5H3;7-10,12-14H,6,11H2,1-5H3;8-12,15H,5-7H2,1-4H3;7-12H,5-6H2,1-4H3;5-9H,4H2,1-3H3;3*4-8,11H,3H2,1-2H3;5,7-9H,1,4,6H2,2-3H3. The number of hydrogen-bond donors (Lipinski definition) is 3. The number of carbonyl (C=O) groups excluding carboxylic acids is 2. The molecular weight excluding hydrogens is 1600 g/mol. The second-order valence-corrected chi connectivity index (χ2v) is 34.0. The third kappa shape index (κ3) is 53.9. The van der Waals surface area contributed by atoms with E-state index in [2.05, 4.69) is 200 Å². The molecule has 15 nitrogen and oxygen atoms in total. The van der Waals surface area contributed by atoms with Crippen LogP contribution in [0.5, 0.6) is 46.0 Å². The van der Waals surface area contributed by atoms with Crippen molar-refractivity contribution in [2.24, 2.45) is 11.8 Å². The van der Waals surface area contributed by atoms with Gasteiger partial charge in [-0.1, -0.05) is 279 Å². The minimum atomic E-state index is -0.689. The van der Waals surface area contributed by atoms with Gasteiger partial charge in [0.1, 0.15) is 51.6 Å². The van der Waals surface area contributed by atoms with E-state index in [1.165, 1.54) is 57.2 Å². The van der Waals surface area contributed by atoms with Crippen LogP contribution in [0, 0.1) is 11.8 Å². The zero-order valence-corrected chi connectivity index (χ0v) is 84.3. The highest BCUT2D eigenvalue weighted by atomic mass is 16.7. The predicted molar refractivity (Wildman–Crippen MR) is 537 cm³/mol. The van der Waals surface area contributed by atoms with Gasteiger partial charge in [-0.2, -0.15) is 0 Å². The van der Waals surface area contributed by atoms with Gasteiger partial charge in [-0.05, 0) is 307 Å². The average molecular weight is 1770 g/mol. The Morgan fingerprint density at radius 2 is 0.633 bits per heavy atom. The highest BCUT2D eigenvalue weighted by Gasteiger charge is 2.18. The second kappa shape index (κ2) is 69.2. The van der Waals surface area contributed by atoms with Crippen molar-refractivity contribution in [3.8, 4) is 46.0 Å². The Labute approximate surface area is 776 Å². The van der Waals surface area contributed by atoms with Crippen LogP contribution >= 0.6 is 0 Å². The van der Waals surface area contributed by atoms with Gasteiger partial charge >= 0.3 is 12.1 Å².